The van der Waals surface area contributed by atoms with E-state index < -0.39 is 23.8 Å². The van der Waals surface area contributed by atoms with Crippen LogP contribution in [0.2, 0.25) is 0 Å². The van der Waals surface area contributed by atoms with E-state index in [9.17, 15) is 15.0 Å². The van der Waals surface area contributed by atoms with E-state index in [1.54, 1.807) is 0 Å². The van der Waals surface area contributed by atoms with E-state index in [1.165, 1.54) is 0 Å². The predicted octanol–water partition coefficient (Wildman–Crippen LogP) is 1.38. The third-order valence-corrected chi connectivity index (χ3v) is 6.99. The molecule has 0 bridgehead atoms. The zero-order valence-corrected chi connectivity index (χ0v) is 19.0. The van der Waals surface area contributed by atoms with Crippen LogP contribution in [0.15, 0.2) is 0 Å². The molecule has 0 amide bonds. The van der Waals surface area contributed by atoms with Gasteiger partial charge in [0.2, 0.25) is 0 Å². The van der Waals surface area contributed by atoms with Gasteiger partial charge in [-0.05, 0) is 25.7 Å². The van der Waals surface area contributed by atoms with E-state index in [1.807, 2.05) is 27.7 Å². The molecule has 180 valence electrons. The average Bonchev–Trinajstić information content (AvgIpc) is 3.56. The Morgan fingerprint density at radius 1 is 0.806 bits per heavy atom. The molecule has 0 radical (unpaired) electrons. The first kappa shape index (κ1) is 25.0. The van der Waals surface area contributed by atoms with Gasteiger partial charge < -0.3 is 43.4 Å². The van der Waals surface area contributed by atoms with Gasteiger partial charge in [-0.1, -0.05) is 27.7 Å². The Morgan fingerprint density at radius 2 is 1.23 bits per heavy atom. The summed E-state index contributed by atoms with van der Waals surface area (Å²) < 4.78 is 33.8. The van der Waals surface area contributed by atoms with Gasteiger partial charge in [-0.2, -0.15) is 0 Å². The van der Waals surface area contributed by atoms with Crippen molar-refractivity contribution in [2.24, 2.45) is 11.8 Å². The average molecular weight is 447 g/mol. The fourth-order valence-electron chi connectivity index (χ4n) is 4.69. The lowest BCUT2D eigenvalue weighted by Gasteiger charge is -2.29. The second-order valence-corrected chi connectivity index (χ2v) is 8.63. The number of carbonyl (C=O) groups is 1. The van der Waals surface area contributed by atoms with Crippen molar-refractivity contribution in [2.45, 2.75) is 95.7 Å². The van der Waals surface area contributed by atoms with E-state index in [0.29, 0.717) is 13.2 Å². The lowest BCUT2D eigenvalue weighted by molar-refractivity contribution is -0.193. The van der Waals surface area contributed by atoms with Crippen LogP contribution < -0.4 is 0 Å². The minimum Gasteiger partial charge on any atom is -0.390 e. The van der Waals surface area contributed by atoms with Gasteiger partial charge in [-0.25, -0.2) is 0 Å². The summed E-state index contributed by atoms with van der Waals surface area (Å²) in [5.74, 6) is -1.65. The Balaban J connectivity index is 0.000000225. The van der Waals surface area contributed by atoms with Crippen LogP contribution in [0.4, 0.5) is 0 Å². The predicted molar refractivity (Wildman–Crippen MR) is 109 cm³/mol. The van der Waals surface area contributed by atoms with Crippen molar-refractivity contribution >= 4 is 6.29 Å². The van der Waals surface area contributed by atoms with E-state index in [4.69, 9.17) is 28.4 Å². The molecule has 9 heteroatoms. The molecule has 2 N–H and O–H groups in total. The normalized spacial score (nSPS) is 38.2. The largest absolute Gasteiger partial charge is 0.390 e. The summed E-state index contributed by atoms with van der Waals surface area (Å²) in [6.45, 7) is 9.60. The number of carbonyl (C=O) groups excluding carboxylic acids is 1. The van der Waals surface area contributed by atoms with E-state index >= 15 is 0 Å². The summed E-state index contributed by atoms with van der Waals surface area (Å²) in [5.41, 5.74) is 0. The molecule has 4 aliphatic heterocycles. The van der Waals surface area contributed by atoms with Crippen LogP contribution in [-0.4, -0.2) is 85.2 Å². The third kappa shape index (κ3) is 5.14. The standard InChI is InChI=1S/C16H28O5.C6H10O4/c1-5-15(6-2)18-10-13(20-15)12(9-17)14-11-19-16(7-3,8-4)21-14;7-3-1-9-6-5(3)4(8)2-10-6/h9,12-14H,5-8,10-11H2,1-4H3;3-8H,1-2H2/t13-,14-;3-,4-,5?,6?/m00/s1. The van der Waals surface area contributed by atoms with Crippen molar-refractivity contribution < 1.29 is 43.4 Å². The number of aliphatic hydroxyl groups is 2. The molecule has 0 saturated carbocycles. The van der Waals surface area contributed by atoms with Crippen LogP contribution >= 0.6 is 0 Å². The van der Waals surface area contributed by atoms with Gasteiger partial charge in [0.25, 0.3) is 0 Å². The molecule has 0 unspecified atom stereocenters. The van der Waals surface area contributed by atoms with Gasteiger partial charge >= 0.3 is 0 Å². The lowest BCUT2D eigenvalue weighted by Crippen LogP contribution is -2.39. The fraction of sp³-hybridized carbons (Fsp3) is 0.955. The first-order valence-corrected chi connectivity index (χ1v) is 11.5. The zero-order valence-electron chi connectivity index (χ0n) is 19.0. The Labute approximate surface area is 184 Å². The summed E-state index contributed by atoms with van der Waals surface area (Å²) in [6, 6.07) is 0. The molecular formula is C22H38O9. The summed E-state index contributed by atoms with van der Waals surface area (Å²) in [4.78, 5) is 11.6. The Kier molecular flexibility index (Phi) is 8.48. The van der Waals surface area contributed by atoms with Gasteiger partial charge in [0.05, 0.1) is 62.7 Å². The second kappa shape index (κ2) is 10.5. The molecule has 4 heterocycles. The number of aldehydes is 1. The monoisotopic (exact) mass is 446 g/mol. The zero-order chi connectivity index (χ0) is 22.6. The molecule has 0 aliphatic carbocycles. The molecule has 31 heavy (non-hydrogen) atoms. The van der Waals surface area contributed by atoms with Crippen molar-refractivity contribution in [3.05, 3.63) is 0 Å². The van der Waals surface area contributed by atoms with Gasteiger partial charge in [-0.3, -0.25) is 0 Å². The molecule has 4 saturated heterocycles. The summed E-state index contributed by atoms with van der Waals surface area (Å²) in [7, 11) is 0. The molecule has 0 aromatic rings. The maximum Gasteiger partial charge on any atom is 0.168 e. The van der Waals surface area contributed by atoms with E-state index in [0.717, 1.165) is 32.0 Å². The van der Waals surface area contributed by atoms with E-state index in [-0.39, 0.29) is 43.5 Å². The van der Waals surface area contributed by atoms with Gasteiger partial charge in [0, 0.05) is 0 Å². The first-order valence-electron chi connectivity index (χ1n) is 11.5. The number of rotatable bonds is 7. The SMILES string of the molecule is CCC1(CC)OC[C@@H](C(C=O)[C@@H]2COC(CC)(CC)O2)O1.O[C@H]1COC2OC[C@H](O)C21. The van der Waals surface area contributed by atoms with Crippen LogP contribution in [0.1, 0.15) is 53.4 Å². The maximum absolute atomic E-state index is 11.6. The molecule has 0 spiro atoms. The minimum atomic E-state index is -0.553. The summed E-state index contributed by atoms with van der Waals surface area (Å²) in [5, 5.41) is 18.4. The topological polar surface area (TPSA) is 113 Å². The number of ether oxygens (including phenoxy) is 6. The lowest BCUT2D eigenvalue weighted by atomic mass is 9.98. The Morgan fingerprint density at radius 3 is 1.52 bits per heavy atom. The van der Waals surface area contributed by atoms with E-state index in [2.05, 4.69) is 0 Å². The molecule has 0 aromatic heterocycles. The van der Waals surface area contributed by atoms with Crippen molar-refractivity contribution in [2.75, 3.05) is 26.4 Å². The molecule has 0 aromatic carbocycles. The molecule has 4 atom stereocenters. The van der Waals surface area contributed by atoms with Gasteiger partial charge in [0.1, 0.15) is 6.29 Å². The summed E-state index contributed by atoms with van der Waals surface area (Å²) in [6.07, 6.45) is 2.08. The Hall–Kier alpha value is -0.650. The van der Waals surface area contributed by atoms with Gasteiger partial charge in [0.15, 0.2) is 17.9 Å². The van der Waals surface area contributed by atoms with Gasteiger partial charge in [-0.15, -0.1) is 0 Å². The van der Waals surface area contributed by atoms with Crippen LogP contribution in [0.25, 0.3) is 0 Å². The van der Waals surface area contributed by atoms with Crippen molar-refractivity contribution in [1.82, 2.24) is 0 Å². The minimum absolute atomic E-state index is 0.222. The molecular weight excluding hydrogens is 408 g/mol. The maximum atomic E-state index is 11.6. The highest BCUT2D eigenvalue weighted by Gasteiger charge is 2.49. The second-order valence-electron chi connectivity index (χ2n) is 8.63. The number of hydrogen-bond acceptors (Lipinski definition) is 9. The van der Waals surface area contributed by atoms with Crippen molar-refractivity contribution in [3.63, 3.8) is 0 Å². The molecule has 4 aliphatic rings. The quantitative estimate of drug-likeness (QED) is 0.560. The van der Waals surface area contributed by atoms with Crippen LogP contribution in [0, 0.1) is 11.8 Å². The van der Waals surface area contributed by atoms with Crippen molar-refractivity contribution in [1.29, 1.82) is 0 Å². The fourth-order valence-corrected chi connectivity index (χ4v) is 4.69. The number of fused-ring (bicyclic) bond motifs is 1. The highest BCUT2D eigenvalue weighted by atomic mass is 16.8. The van der Waals surface area contributed by atoms with Crippen molar-refractivity contribution in [3.8, 4) is 0 Å². The van der Waals surface area contributed by atoms with Crippen LogP contribution in [0.3, 0.4) is 0 Å². The summed E-state index contributed by atoms with van der Waals surface area (Å²) >= 11 is 0. The molecule has 4 rings (SSSR count). The van der Waals surface area contributed by atoms with Crippen LogP contribution in [0.5, 0.6) is 0 Å². The molecule has 4 fully saturated rings. The number of hydrogen-bond donors (Lipinski definition) is 2. The smallest absolute Gasteiger partial charge is 0.168 e. The number of aliphatic hydroxyl groups excluding tert-OH is 2. The highest BCUT2D eigenvalue weighted by Crippen LogP contribution is 2.38. The molecule has 9 nitrogen and oxygen atoms in total. The first-order chi connectivity index (χ1) is 14.9. The highest BCUT2D eigenvalue weighted by molar-refractivity contribution is 5.56. The Bertz CT molecular complexity index is 533. The third-order valence-electron chi connectivity index (χ3n) is 6.99. The van der Waals surface area contributed by atoms with Crippen LogP contribution in [-0.2, 0) is 33.2 Å².